The van der Waals surface area contributed by atoms with E-state index in [1.165, 1.54) is 12.0 Å². The van der Waals surface area contributed by atoms with Gasteiger partial charge < -0.3 is 15.1 Å². The number of carbonyl (C=O) groups excluding carboxylic acids is 1. The Labute approximate surface area is 143 Å². The molecule has 0 bridgehead atoms. The highest BCUT2D eigenvalue weighted by molar-refractivity contribution is 5.80. The van der Waals surface area contributed by atoms with Crippen LogP contribution in [0.25, 0.3) is 0 Å². The smallest absolute Gasteiger partial charge is 0.225 e. The maximum absolute atomic E-state index is 12.5. The number of likely N-dealkylation sites (tertiary alicyclic amines) is 1. The van der Waals surface area contributed by atoms with Gasteiger partial charge in [-0.3, -0.25) is 4.79 Å². The lowest BCUT2D eigenvalue weighted by Gasteiger charge is -2.29. The molecule has 2 aliphatic heterocycles. The van der Waals surface area contributed by atoms with E-state index < -0.39 is 0 Å². The Kier molecular flexibility index (Phi) is 4.16. The number of aromatic nitrogens is 2. The van der Waals surface area contributed by atoms with Gasteiger partial charge in [0, 0.05) is 50.6 Å². The SMILES string of the molecule is CNc1nc([C@@H]2CCN(C(=O)C3CCC3)C2)nc2c1CCN(C)C2. The zero-order valence-electron chi connectivity index (χ0n) is 14.7. The predicted octanol–water partition coefficient (Wildman–Crippen LogP) is 1.62. The summed E-state index contributed by atoms with van der Waals surface area (Å²) < 4.78 is 0. The summed E-state index contributed by atoms with van der Waals surface area (Å²) in [5.74, 6) is 2.81. The summed E-state index contributed by atoms with van der Waals surface area (Å²) in [5.41, 5.74) is 2.42. The van der Waals surface area contributed by atoms with Gasteiger partial charge >= 0.3 is 0 Å². The molecular weight excluding hydrogens is 302 g/mol. The fraction of sp³-hybridized carbons (Fsp3) is 0.722. The van der Waals surface area contributed by atoms with Crippen molar-refractivity contribution in [2.24, 2.45) is 5.92 Å². The Hall–Kier alpha value is -1.69. The molecule has 2 fully saturated rings. The third kappa shape index (κ3) is 2.77. The van der Waals surface area contributed by atoms with Crippen LogP contribution >= 0.6 is 0 Å². The molecule has 3 heterocycles. The number of hydrogen-bond donors (Lipinski definition) is 1. The van der Waals surface area contributed by atoms with Gasteiger partial charge in [-0.1, -0.05) is 6.42 Å². The van der Waals surface area contributed by atoms with Gasteiger partial charge in [0.05, 0.1) is 5.69 Å². The molecule has 1 amide bonds. The van der Waals surface area contributed by atoms with Crippen LogP contribution in [0.4, 0.5) is 5.82 Å². The lowest BCUT2D eigenvalue weighted by atomic mass is 9.84. The molecule has 0 aromatic carbocycles. The van der Waals surface area contributed by atoms with Crippen LogP contribution in [-0.2, 0) is 17.8 Å². The van der Waals surface area contributed by atoms with Crippen LogP contribution in [0.5, 0.6) is 0 Å². The van der Waals surface area contributed by atoms with Crippen LogP contribution in [0.15, 0.2) is 0 Å². The van der Waals surface area contributed by atoms with E-state index in [0.717, 1.165) is 69.2 Å². The first-order valence-electron chi connectivity index (χ1n) is 9.20. The third-order valence-electron chi connectivity index (χ3n) is 5.83. The molecule has 1 saturated heterocycles. The summed E-state index contributed by atoms with van der Waals surface area (Å²) in [7, 11) is 4.07. The third-order valence-corrected chi connectivity index (χ3v) is 5.83. The lowest BCUT2D eigenvalue weighted by Crippen LogP contribution is -2.37. The van der Waals surface area contributed by atoms with Crippen LogP contribution in [0.2, 0.25) is 0 Å². The normalized spacial score (nSPS) is 24.6. The molecule has 0 radical (unpaired) electrons. The van der Waals surface area contributed by atoms with Gasteiger partial charge in [-0.2, -0.15) is 0 Å². The number of fused-ring (bicyclic) bond motifs is 1. The van der Waals surface area contributed by atoms with Crippen molar-refractivity contribution in [3.8, 4) is 0 Å². The summed E-state index contributed by atoms with van der Waals surface area (Å²) in [6.07, 6.45) is 5.34. The van der Waals surface area contributed by atoms with Gasteiger partial charge in [0.25, 0.3) is 0 Å². The lowest BCUT2D eigenvalue weighted by molar-refractivity contribution is -0.137. The quantitative estimate of drug-likeness (QED) is 0.913. The molecule has 4 rings (SSSR count). The van der Waals surface area contributed by atoms with Crippen LogP contribution in [-0.4, -0.2) is 59.4 Å². The van der Waals surface area contributed by atoms with Crippen molar-refractivity contribution in [1.82, 2.24) is 19.8 Å². The maximum atomic E-state index is 12.5. The molecule has 1 saturated carbocycles. The monoisotopic (exact) mass is 329 g/mol. The maximum Gasteiger partial charge on any atom is 0.225 e. The fourth-order valence-electron chi connectivity index (χ4n) is 4.05. The minimum atomic E-state index is 0.277. The molecule has 24 heavy (non-hydrogen) atoms. The molecule has 0 spiro atoms. The number of anilines is 1. The van der Waals surface area contributed by atoms with Crippen molar-refractivity contribution < 1.29 is 4.79 Å². The van der Waals surface area contributed by atoms with E-state index in [1.807, 2.05) is 11.9 Å². The summed E-state index contributed by atoms with van der Waals surface area (Å²) >= 11 is 0. The molecule has 130 valence electrons. The molecule has 1 atom stereocenters. The Morgan fingerprint density at radius 1 is 1.21 bits per heavy atom. The van der Waals surface area contributed by atoms with Crippen molar-refractivity contribution in [2.75, 3.05) is 39.0 Å². The molecule has 1 N–H and O–H groups in total. The van der Waals surface area contributed by atoms with Crippen LogP contribution < -0.4 is 5.32 Å². The molecular formula is C18H27N5O. The second-order valence-corrected chi connectivity index (χ2v) is 7.49. The summed E-state index contributed by atoms with van der Waals surface area (Å²) in [5, 5.41) is 3.25. The number of likely N-dealkylation sites (N-methyl/N-ethyl adjacent to an activating group) is 1. The molecule has 6 heteroatoms. The fourth-order valence-corrected chi connectivity index (χ4v) is 4.05. The van der Waals surface area contributed by atoms with Gasteiger partial charge in [-0.05, 0) is 32.7 Å². The average Bonchev–Trinajstić information content (AvgIpc) is 3.01. The van der Waals surface area contributed by atoms with Gasteiger partial charge in [0.15, 0.2) is 0 Å². The first-order chi connectivity index (χ1) is 11.7. The predicted molar refractivity (Wildman–Crippen MR) is 92.9 cm³/mol. The van der Waals surface area contributed by atoms with Crippen LogP contribution in [0.3, 0.4) is 0 Å². The average molecular weight is 329 g/mol. The van der Waals surface area contributed by atoms with E-state index in [-0.39, 0.29) is 11.8 Å². The van der Waals surface area contributed by atoms with Crippen molar-refractivity contribution in [2.45, 2.75) is 44.6 Å². The highest BCUT2D eigenvalue weighted by Gasteiger charge is 2.35. The molecule has 0 unspecified atom stereocenters. The van der Waals surface area contributed by atoms with E-state index in [0.29, 0.717) is 5.91 Å². The Morgan fingerprint density at radius 3 is 2.75 bits per heavy atom. The van der Waals surface area contributed by atoms with Gasteiger partial charge in [0.1, 0.15) is 11.6 Å². The van der Waals surface area contributed by atoms with E-state index in [1.54, 1.807) is 0 Å². The van der Waals surface area contributed by atoms with Crippen molar-refractivity contribution in [1.29, 1.82) is 0 Å². The largest absolute Gasteiger partial charge is 0.373 e. The first kappa shape index (κ1) is 15.8. The molecule has 1 aromatic heterocycles. The summed E-state index contributed by atoms with van der Waals surface area (Å²) in [6, 6.07) is 0. The number of nitrogens with one attached hydrogen (secondary N) is 1. The Bertz CT molecular complexity index is 643. The highest BCUT2D eigenvalue weighted by Crippen LogP contribution is 2.33. The van der Waals surface area contributed by atoms with Crippen molar-refractivity contribution >= 4 is 11.7 Å². The van der Waals surface area contributed by atoms with Crippen LogP contribution in [0.1, 0.15) is 48.7 Å². The van der Waals surface area contributed by atoms with Gasteiger partial charge in [-0.15, -0.1) is 0 Å². The number of rotatable bonds is 3. The van der Waals surface area contributed by atoms with Gasteiger partial charge in [0.2, 0.25) is 5.91 Å². The number of nitrogens with zero attached hydrogens (tertiary/aromatic N) is 4. The highest BCUT2D eigenvalue weighted by atomic mass is 16.2. The zero-order chi connectivity index (χ0) is 16.7. The zero-order valence-corrected chi connectivity index (χ0v) is 14.7. The van der Waals surface area contributed by atoms with Crippen molar-refractivity contribution in [3.05, 3.63) is 17.1 Å². The first-order valence-corrected chi connectivity index (χ1v) is 9.20. The second kappa shape index (κ2) is 6.31. The molecule has 6 nitrogen and oxygen atoms in total. The number of amides is 1. The summed E-state index contributed by atoms with van der Waals surface area (Å²) in [4.78, 5) is 26.5. The van der Waals surface area contributed by atoms with E-state index in [2.05, 4.69) is 17.3 Å². The second-order valence-electron chi connectivity index (χ2n) is 7.49. The Balaban J connectivity index is 1.54. The van der Waals surface area contributed by atoms with Crippen molar-refractivity contribution in [3.63, 3.8) is 0 Å². The molecule has 3 aliphatic rings. The minimum Gasteiger partial charge on any atom is -0.373 e. The summed E-state index contributed by atoms with van der Waals surface area (Å²) in [6.45, 7) is 3.58. The standard InChI is InChI=1S/C18H27N5O/c1-19-17-14-7-8-22(2)11-15(14)20-16(21-17)13-6-9-23(10-13)18(24)12-4-3-5-12/h12-13H,3-11H2,1-2H3,(H,19,20,21)/t13-/m1/s1. The minimum absolute atomic E-state index is 0.277. The number of carbonyl (C=O) groups is 1. The van der Waals surface area contributed by atoms with E-state index >= 15 is 0 Å². The topological polar surface area (TPSA) is 61.4 Å². The van der Waals surface area contributed by atoms with Crippen LogP contribution in [0, 0.1) is 5.92 Å². The van der Waals surface area contributed by atoms with Gasteiger partial charge in [-0.25, -0.2) is 9.97 Å². The molecule has 1 aliphatic carbocycles. The molecule has 1 aromatic rings. The number of hydrogen-bond acceptors (Lipinski definition) is 5. The Morgan fingerprint density at radius 2 is 2.04 bits per heavy atom. The van der Waals surface area contributed by atoms with E-state index in [9.17, 15) is 4.79 Å². The van der Waals surface area contributed by atoms with E-state index in [4.69, 9.17) is 9.97 Å².